The molecule has 23 heavy (non-hydrogen) atoms. The third kappa shape index (κ3) is 3.31. The van der Waals surface area contributed by atoms with Crippen molar-refractivity contribution in [1.82, 2.24) is 10.2 Å². The number of fused-ring (bicyclic) bond motifs is 1. The molecule has 9 heteroatoms. The third-order valence-electron chi connectivity index (χ3n) is 3.69. The van der Waals surface area contributed by atoms with Gasteiger partial charge in [0.1, 0.15) is 0 Å². The molecule has 2 heterocycles. The zero-order valence-electron chi connectivity index (χ0n) is 12.3. The molecular formula is C14H14Cl2N6S. The molecule has 0 radical (unpaired) electrons. The minimum atomic E-state index is -0.0857. The van der Waals surface area contributed by atoms with Crippen molar-refractivity contribution < 1.29 is 0 Å². The molecule has 1 atom stereocenters. The van der Waals surface area contributed by atoms with E-state index in [9.17, 15) is 0 Å². The molecule has 0 amide bonds. The summed E-state index contributed by atoms with van der Waals surface area (Å²) in [6.45, 7) is 1.97. The van der Waals surface area contributed by atoms with Crippen molar-refractivity contribution in [3.63, 3.8) is 0 Å². The Labute approximate surface area is 147 Å². The van der Waals surface area contributed by atoms with Crippen LogP contribution in [0.15, 0.2) is 22.5 Å². The van der Waals surface area contributed by atoms with Gasteiger partial charge in [-0.15, -0.1) is 16.4 Å². The van der Waals surface area contributed by atoms with Crippen LogP contribution in [0, 0.1) is 6.92 Å². The molecule has 0 saturated heterocycles. The Morgan fingerprint density at radius 3 is 2.78 bits per heavy atom. The van der Waals surface area contributed by atoms with Crippen LogP contribution in [-0.4, -0.2) is 21.9 Å². The van der Waals surface area contributed by atoms with Crippen molar-refractivity contribution in [1.29, 1.82) is 0 Å². The number of aryl methyl sites for hydroxylation is 1. The van der Waals surface area contributed by atoms with E-state index in [0.29, 0.717) is 15.1 Å². The van der Waals surface area contributed by atoms with Crippen molar-refractivity contribution >= 4 is 46.2 Å². The molecule has 0 spiro atoms. The van der Waals surface area contributed by atoms with Gasteiger partial charge in [-0.05, 0) is 42.9 Å². The highest BCUT2D eigenvalue weighted by molar-refractivity contribution is 7.20. The van der Waals surface area contributed by atoms with Gasteiger partial charge in [0.15, 0.2) is 0 Å². The van der Waals surface area contributed by atoms with E-state index in [1.807, 2.05) is 13.0 Å². The lowest BCUT2D eigenvalue weighted by Crippen LogP contribution is -2.24. The average Bonchev–Trinajstić information content (AvgIpc) is 2.83. The van der Waals surface area contributed by atoms with E-state index in [2.05, 4.69) is 20.4 Å². The van der Waals surface area contributed by atoms with E-state index < -0.39 is 0 Å². The fourth-order valence-electron chi connectivity index (χ4n) is 2.77. The van der Waals surface area contributed by atoms with E-state index in [-0.39, 0.29) is 11.9 Å². The largest absolute Gasteiger partial charge is 0.369 e. The summed E-state index contributed by atoms with van der Waals surface area (Å²) in [6.07, 6.45) is 3.08. The van der Waals surface area contributed by atoms with Gasteiger partial charge in [0.2, 0.25) is 5.96 Å². The minimum absolute atomic E-state index is 0.0857. The Bertz CT molecular complexity index is 810. The Kier molecular flexibility index (Phi) is 4.52. The van der Waals surface area contributed by atoms with Crippen LogP contribution in [-0.2, 0) is 6.42 Å². The summed E-state index contributed by atoms with van der Waals surface area (Å²) in [5, 5.41) is 16.3. The molecule has 1 aliphatic carbocycles. The minimum Gasteiger partial charge on any atom is -0.369 e. The second kappa shape index (κ2) is 6.43. The molecule has 0 saturated carbocycles. The van der Waals surface area contributed by atoms with Gasteiger partial charge in [0.05, 0.1) is 26.3 Å². The van der Waals surface area contributed by atoms with Gasteiger partial charge >= 0.3 is 0 Å². The van der Waals surface area contributed by atoms with Crippen LogP contribution >= 0.6 is 34.5 Å². The maximum atomic E-state index is 6.30. The van der Waals surface area contributed by atoms with Crippen LogP contribution in [0.1, 0.15) is 34.7 Å². The standard InChI is InChI=1S/C14H14Cl2N6S/c1-6-5-19-20-9-2-7(8-4-11(15)23-13(8)16)3-10(12(6)9)21-22-14(17)18/h4-5,7H,2-3H2,1H3,(H4,17,18,22)/b21-10+. The van der Waals surface area contributed by atoms with Crippen molar-refractivity contribution in [2.75, 3.05) is 0 Å². The van der Waals surface area contributed by atoms with E-state index in [1.165, 1.54) is 11.3 Å². The first-order valence-electron chi connectivity index (χ1n) is 6.87. The Morgan fingerprint density at radius 2 is 2.13 bits per heavy atom. The Hall–Kier alpha value is -1.70. The molecule has 120 valence electrons. The fraction of sp³-hybridized carbons (Fsp3) is 0.286. The molecule has 6 nitrogen and oxygen atoms in total. The number of aromatic nitrogens is 2. The van der Waals surface area contributed by atoms with E-state index in [4.69, 9.17) is 34.7 Å². The lowest BCUT2D eigenvalue weighted by molar-refractivity contribution is 0.667. The number of hydrogen-bond acceptors (Lipinski definition) is 5. The number of nitrogens with two attached hydrogens (primary N) is 2. The summed E-state index contributed by atoms with van der Waals surface area (Å²) in [6, 6.07) is 1.89. The SMILES string of the molecule is Cc1cnnc2c1/C(=N/N=C(N)N)CC(c1cc(Cl)sc1Cl)C2. The van der Waals surface area contributed by atoms with Crippen LogP contribution in [0.4, 0.5) is 0 Å². The first-order chi connectivity index (χ1) is 11.0. The molecule has 3 rings (SSSR count). The van der Waals surface area contributed by atoms with Crippen molar-refractivity contribution in [3.05, 3.63) is 43.3 Å². The average molecular weight is 369 g/mol. The molecule has 0 aromatic carbocycles. The third-order valence-corrected chi connectivity index (χ3v) is 5.21. The first kappa shape index (κ1) is 16.2. The van der Waals surface area contributed by atoms with E-state index >= 15 is 0 Å². The number of nitrogens with zero attached hydrogens (tertiary/aromatic N) is 4. The highest BCUT2D eigenvalue weighted by Gasteiger charge is 2.30. The molecule has 4 N–H and O–H groups in total. The predicted octanol–water partition coefficient (Wildman–Crippen LogP) is 2.86. The lowest BCUT2D eigenvalue weighted by atomic mass is 9.81. The number of halogens is 2. The van der Waals surface area contributed by atoms with Crippen LogP contribution < -0.4 is 11.5 Å². The molecule has 0 fully saturated rings. The summed E-state index contributed by atoms with van der Waals surface area (Å²) < 4.78 is 1.35. The van der Waals surface area contributed by atoms with Crippen LogP contribution in [0.3, 0.4) is 0 Å². The van der Waals surface area contributed by atoms with Crippen molar-refractivity contribution in [2.24, 2.45) is 21.7 Å². The maximum Gasteiger partial charge on any atom is 0.211 e. The van der Waals surface area contributed by atoms with E-state index in [0.717, 1.165) is 34.5 Å². The lowest BCUT2D eigenvalue weighted by Gasteiger charge is -2.25. The summed E-state index contributed by atoms with van der Waals surface area (Å²) in [5.74, 6) is 0.0280. The predicted molar refractivity (Wildman–Crippen MR) is 94.5 cm³/mol. The summed E-state index contributed by atoms with van der Waals surface area (Å²) in [4.78, 5) is 0. The topological polar surface area (TPSA) is 103 Å². The quantitative estimate of drug-likeness (QED) is 0.483. The van der Waals surface area contributed by atoms with Gasteiger partial charge in [-0.2, -0.15) is 15.3 Å². The molecule has 0 aliphatic heterocycles. The van der Waals surface area contributed by atoms with Gasteiger partial charge < -0.3 is 11.5 Å². The summed E-state index contributed by atoms with van der Waals surface area (Å²) in [7, 11) is 0. The van der Waals surface area contributed by atoms with Gasteiger partial charge in [-0.1, -0.05) is 23.2 Å². The van der Waals surface area contributed by atoms with Crippen LogP contribution in [0.5, 0.6) is 0 Å². The van der Waals surface area contributed by atoms with Crippen molar-refractivity contribution in [2.45, 2.75) is 25.7 Å². The number of hydrogen-bond donors (Lipinski definition) is 2. The number of rotatable bonds is 2. The Morgan fingerprint density at radius 1 is 1.35 bits per heavy atom. The highest BCUT2D eigenvalue weighted by atomic mass is 35.5. The monoisotopic (exact) mass is 368 g/mol. The Balaban J connectivity index is 2.08. The van der Waals surface area contributed by atoms with Gasteiger partial charge in [0, 0.05) is 5.56 Å². The summed E-state index contributed by atoms with van der Waals surface area (Å²) in [5.41, 5.74) is 15.4. The summed E-state index contributed by atoms with van der Waals surface area (Å²) >= 11 is 13.7. The molecule has 1 unspecified atom stereocenters. The van der Waals surface area contributed by atoms with Gasteiger partial charge in [0.25, 0.3) is 0 Å². The molecule has 0 bridgehead atoms. The smallest absolute Gasteiger partial charge is 0.211 e. The van der Waals surface area contributed by atoms with Crippen LogP contribution in [0.25, 0.3) is 0 Å². The van der Waals surface area contributed by atoms with Gasteiger partial charge in [-0.25, -0.2) is 0 Å². The molecular weight excluding hydrogens is 355 g/mol. The normalized spacial score (nSPS) is 18.7. The van der Waals surface area contributed by atoms with Crippen LogP contribution in [0.2, 0.25) is 8.67 Å². The maximum absolute atomic E-state index is 6.30. The highest BCUT2D eigenvalue weighted by Crippen LogP contribution is 2.41. The zero-order chi connectivity index (χ0) is 16.6. The second-order valence-electron chi connectivity index (χ2n) is 5.31. The number of thiophene rings is 1. The molecule has 2 aromatic heterocycles. The molecule has 2 aromatic rings. The second-order valence-corrected chi connectivity index (χ2v) is 7.59. The zero-order valence-corrected chi connectivity index (χ0v) is 14.6. The first-order valence-corrected chi connectivity index (χ1v) is 8.44. The number of guanidine groups is 1. The van der Waals surface area contributed by atoms with Crippen molar-refractivity contribution in [3.8, 4) is 0 Å². The van der Waals surface area contributed by atoms with Gasteiger partial charge in [-0.3, -0.25) is 0 Å². The molecule has 1 aliphatic rings. The van der Waals surface area contributed by atoms with E-state index in [1.54, 1.807) is 6.20 Å². The fourth-order valence-corrected chi connectivity index (χ4v) is 4.39.